The van der Waals surface area contributed by atoms with Gasteiger partial charge < -0.3 is 14.8 Å². The number of ether oxygens (including phenoxy) is 2. The van der Waals surface area contributed by atoms with Gasteiger partial charge in [-0.15, -0.1) is 0 Å². The fraction of sp³-hybridized carbons (Fsp3) is 0.500. The van der Waals surface area contributed by atoms with E-state index in [0.29, 0.717) is 0 Å². The van der Waals surface area contributed by atoms with Gasteiger partial charge >= 0.3 is 5.97 Å². The van der Waals surface area contributed by atoms with Crippen LogP contribution in [0.25, 0.3) is 0 Å². The molecule has 2 rings (SSSR count). The molecule has 0 unspecified atom stereocenters. The third-order valence-electron chi connectivity index (χ3n) is 3.46. The van der Waals surface area contributed by atoms with E-state index in [1.165, 1.54) is 7.11 Å². The zero-order valence-corrected chi connectivity index (χ0v) is 12.5. The standard InChI is InChI=1S/C14H18BrNO3/c1-18-13(17)10-19-14(5-7-16-8-6-14)11-3-2-4-12(15)9-11/h2-4,9,16H,5-8,10H2,1H3. The number of carbonyl (C=O) groups is 1. The summed E-state index contributed by atoms with van der Waals surface area (Å²) >= 11 is 3.48. The van der Waals surface area contributed by atoms with Gasteiger partial charge in [0.05, 0.1) is 12.7 Å². The molecule has 0 aromatic heterocycles. The number of piperidine rings is 1. The van der Waals surface area contributed by atoms with Crippen molar-refractivity contribution in [2.24, 2.45) is 0 Å². The first-order valence-corrected chi connectivity index (χ1v) is 7.13. The molecule has 104 valence electrons. The Morgan fingerprint density at radius 1 is 1.42 bits per heavy atom. The molecular formula is C14H18BrNO3. The van der Waals surface area contributed by atoms with E-state index in [1.54, 1.807) is 0 Å². The lowest BCUT2D eigenvalue weighted by molar-refractivity contribution is -0.156. The molecule has 5 heteroatoms. The Labute approximate surface area is 121 Å². The highest BCUT2D eigenvalue weighted by atomic mass is 79.9. The third kappa shape index (κ3) is 3.55. The summed E-state index contributed by atoms with van der Waals surface area (Å²) in [5.41, 5.74) is 0.704. The summed E-state index contributed by atoms with van der Waals surface area (Å²) < 4.78 is 11.6. The first-order valence-electron chi connectivity index (χ1n) is 6.34. The number of rotatable bonds is 4. The van der Waals surface area contributed by atoms with E-state index in [-0.39, 0.29) is 12.6 Å². The van der Waals surface area contributed by atoms with Crippen LogP contribution in [0.1, 0.15) is 18.4 Å². The lowest BCUT2D eigenvalue weighted by atomic mass is 9.85. The quantitative estimate of drug-likeness (QED) is 0.861. The molecule has 1 N–H and O–H groups in total. The van der Waals surface area contributed by atoms with Crippen LogP contribution in [0.4, 0.5) is 0 Å². The maximum absolute atomic E-state index is 11.3. The van der Waals surface area contributed by atoms with Gasteiger partial charge in [0, 0.05) is 4.47 Å². The number of hydrogen-bond acceptors (Lipinski definition) is 4. The Morgan fingerprint density at radius 2 is 2.16 bits per heavy atom. The van der Waals surface area contributed by atoms with Crippen LogP contribution in [-0.2, 0) is 19.9 Å². The highest BCUT2D eigenvalue weighted by Crippen LogP contribution is 2.35. The number of hydrogen-bond donors (Lipinski definition) is 1. The van der Waals surface area contributed by atoms with Crippen molar-refractivity contribution in [2.45, 2.75) is 18.4 Å². The van der Waals surface area contributed by atoms with Gasteiger partial charge in [-0.05, 0) is 43.6 Å². The molecule has 0 saturated carbocycles. The van der Waals surface area contributed by atoms with E-state index in [2.05, 4.69) is 32.0 Å². The average Bonchev–Trinajstić information content (AvgIpc) is 2.46. The molecule has 1 saturated heterocycles. The summed E-state index contributed by atoms with van der Waals surface area (Å²) in [4.78, 5) is 11.3. The molecule has 19 heavy (non-hydrogen) atoms. The molecule has 1 aliphatic heterocycles. The van der Waals surface area contributed by atoms with Crippen molar-refractivity contribution in [1.82, 2.24) is 5.32 Å². The highest BCUT2D eigenvalue weighted by Gasteiger charge is 2.35. The van der Waals surface area contributed by atoms with E-state index < -0.39 is 5.60 Å². The summed E-state index contributed by atoms with van der Waals surface area (Å²) in [5.74, 6) is -0.340. The number of methoxy groups -OCH3 is 1. The minimum Gasteiger partial charge on any atom is -0.467 e. The van der Waals surface area contributed by atoms with Crippen LogP contribution >= 0.6 is 15.9 Å². The second-order valence-electron chi connectivity index (χ2n) is 4.62. The minimum absolute atomic E-state index is 0.0109. The smallest absolute Gasteiger partial charge is 0.331 e. The number of halogens is 1. The molecule has 0 bridgehead atoms. The van der Waals surface area contributed by atoms with Crippen LogP contribution in [0.3, 0.4) is 0 Å². The van der Waals surface area contributed by atoms with Crippen molar-refractivity contribution in [2.75, 3.05) is 26.8 Å². The second kappa shape index (κ2) is 6.50. The van der Waals surface area contributed by atoms with Crippen molar-refractivity contribution < 1.29 is 14.3 Å². The van der Waals surface area contributed by atoms with E-state index >= 15 is 0 Å². The number of esters is 1. The van der Waals surface area contributed by atoms with Crippen LogP contribution in [0.5, 0.6) is 0 Å². The zero-order chi connectivity index (χ0) is 13.7. The van der Waals surface area contributed by atoms with Crippen molar-refractivity contribution in [3.63, 3.8) is 0 Å². The maximum Gasteiger partial charge on any atom is 0.331 e. The van der Waals surface area contributed by atoms with Gasteiger partial charge in [-0.2, -0.15) is 0 Å². The summed E-state index contributed by atoms with van der Waals surface area (Å²) in [6.07, 6.45) is 1.70. The SMILES string of the molecule is COC(=O)COC1(c2cccc(Br)c2)CCNCC1. The van der Waals surface area contributed by atoms with Gasteiger partial charge in [-0.3, -0.25) is 0 Å². The van der Waals surface area contributed by atoms with Gasteiger partial charge in [-0.25, -0.2) is 4.79 Å². The summed E-state index contributed by atoms with van der Waals surface area (Å²) in [7, 11) is 1.37. The summed E-state index contributed by atoms with van der Waals surface area (Å²) in [6.45, 7) is 1.75. The predicted octanol–water partition coefficient (Wildman–Crippen LogP) is 2.22. The average molecular weight is 328 g/mol. The molecule has 0 aliphatic carbocycles. The fourth-order valence-electron chi connectivity index (χ4n) is 2.37. The fourth-order valence-corrected chi connectivity index (χ4v) is 2.77. The van der Waals surface area contributed by atoms with E-state index in [9.17, 15) is 4.79 Å². The van der Waals surface area contributed by atoms with Crippen molar-refractivity contribution in [3.05, 3.63) is 34.3 Å². The van der Waals surface area contributed by atoms with Gasteiger partial charge in [0.2, 0.25) is 0 Å². The predicted molar refractivity (Wildman–Crippen MR) is 75.9 cm³/mol. The third-order valence-corrected chi connectivity index (χ3v) is 3.95. The molecule has 1 fully saturated rings. The summed E-state index contributed by atoms with van der Waals surface area (Å²) in [5, 5.41) is 3.32. The Hall–Kier alpha value is -0.910. The Bertz CT molecular complexity index is 444. The first-order chi connectivity index (χ1) is 9.16. The number of nitrogens with one attached hydrogen (secondary N) is 1. The number of carbonyl (C=O) groups excluding carboxylic acids is 1. The summed E-state index contributed by atoms with van der Waals surface area (Å²) in [6, 6.07) is 8.08. The Balaban J connectivity index is 2.21. The molecule has 1 aromatic carbocycles. The lowest BCUT2D eigenvalue weighted by Crippen LogP contribution is -2.42. The van der Waals surface area contributed by atoms with E-state index in [0.717, 1.165) is 36.0 Å². The van der Waals surface area contributed by atoms with E-state index in [4.69, 9.17) is 4.74 Å². The molecule has 0 amide bonds. The van der Waals surface area contributed by atoms with E-state index in [1.807, 2.05) is 18.2 Å². The minimum atomic E-state index is -0.400. The van der Waals surface area contributed by atoms with Gasteiger partial charge in [0.25, 0.3) is 0 Å². The topological polar surface area (TPSA) is 47.6 Å². The van der Waals surface area contributed by atoms with Crippen molar-refractivity contribution >= 4 is 21.9 Å². The molecule has 1 aliphatic rings. The first kappa shape index (κ1) is 14.5. The van der Waals surface area contributed by atoms with Gasteiger partial charge in [0.1, 0.15) is 6.61 Å². The molecule has 0 radical (unpaired) electrons. The second-order valence-corrected chi connectivity index (χ2v) is 5.54. The van der Waals surface area contributed by atoms with Crippen LogP contribution in [0.15, 0.2) is 28.7 Å². The normalized spacial score (nSPS) is 18.0. The van der Waals surface area contributed by atoms with Crippen molar-refractivity contribution in [1.29, 1.82) is 0 Å². The number of benzene rings is 1. The van der Waals surface area contributed by atoms with Crippen LogP contribution in [0, 0.1) is 0 Å². The molecule has 0 atom stereocenters. The van der Waals surface area contributed by atoms with Gasteiger partial charge in [-0.1, -0.05) is 28.1 Å². The highest BCUT2D eigenvalue weighted by molar-refractivity contribution is 9.10. The van der Waals surface area contributed by atoms with Crippen LogP contribution in [0.2, 0.25) is 0 Å². The lowest BCUT2D eigenvalue weighted by Gasteiger charge is -2.37. The van der Waals surface area contributed by atoms with Crippen LogP contribution in [-0.4, -0.2) is 32.8 Å². The molecule has 4 nitrogen and oxygen atoms in total. The monoisotopic (exact) mass is 327 g/mol. The Kier molecular flexibility index (Phi) is 4.96. The molecular weight excluding hydrogens is 310 g/mol. The molecule has 1 aromatic rings. The van der Waals surface area contributed by atoms with Crippen LogP contribution < -0.4 is 5.32 Å². The van der Waals surface area contributed by atoms with Crippen molar-refractivity contribution in [3.8, 4) is 0 Å². The zero-order valence-electron chi connectivity index (χ0n) is 10.9. The largest absolute Gasteiger partial charge is 0.467 e. The van der Waals surface area contributed by atoms with Gasteiger partial charge in [0.15, 0.2) is 0 Å². The molecule has 1 heterocycles. The molecule has 0 spiro atoms. The Morgan fingerprint density at radius 3 is 2.79 bits per heavy atom. The maximum atomic E-state index is 11.3.